The number of hydrogen-bond donors (Lipinski definition) is 0. The Balaban J connectivity index is 2.80. The van der Waals surface area contributed by atoms with Crippen molar-refractivity contribution in [2.45, 2.75) is 27.3 Å². The van der Waals surface area contributed by atoms with Gasteiger partial charge in [-0.3, -0.25) is 0 Å². The fourth-order valence-corrected chi connectivity index (χ4v) is 1.54. The van der Waals surface area contributed by atoms with E-state index in [9.17, 15) is 0 Å². The molecule has 2 aromatic rings. The van der Waals surface area contributed by atoms with Gasteiger partial charge < -0.3 is 0 Å². The molecule has 0 atom stereocenters. The molecular weight excluding hydrogens is 162 g/mol. The smallest absolute Gasteiger partial charge is 0.157 e. The highest BCUT2D eigenvalue weighted by atomic mass is 15.3. The molecule has 0 unspecified atom stereocenters. The first kappa shape index (κ1) is 8.23. The van der Waals surface area contributed by atoms with Gasteiger partial charge in [0.25, 0.3) is 0 Å². The number of rotatable bonds is 1. The zero-order chi connectivity index (χ0) is 9.42. The highest BCUT2D eigenvalue weighted by molar-refractivity contribution is 5.78. The molecule has 0 N–H and O–H groups in total. The maximum absolute atomic E-state index is 4.40. The lowest BCUT2D eigenvalue weighted by atomic mass is 10.2. The number of fused-ring (bicyclic) bond motifs is 1. The van der Waals surface area contributed by atoms with Crippen LogP contribution in [0.3, 0.4) is 0 Å². The summed E-state index contributed by atoms with van der Waals surface area (Å²) >= 11 is 0. The normalized spacial score (nSPS) is 11.0. The Labute approximate surface area is 77.4 Å². The monoisotopic (exact) mass is 175 g/mol. The van der Waals surface area contributed by atoms with Crippen molar-refractivity contribution in [2.75, 3.05) is 0 Å². The lowest BCUT2D eigenvalue weighted by Gasteiger charge is -1.96. The Morgan fingerprint density at radius 1 is 1.38 bits per heavy atom. The molecule has 0 aliphatic heterocycles. The molecule has 3 nitrogen and oxygen atoms in total. The van der Waals surface area contributed by atoms with Crippen LogP contribution in [-0.2, 0) is 6.54 Å². The molecule has 0 spiro atoms. The van der Waals surface area contributed by atoms with Crippen molar-refractivity contribution in [2.24, 2.45) is 0 Å². The Hall–Kier alpha value is -1.38. The van der Waals surface area contributed by atoms with Crippen LogP contribution in [0.15, 0.2) is 12.3 Å². The first-order valence-corrected chi connectivity index (χ1v) is 4.52. The van der Waals surface area contributed by atoms with Crippen LogP contribution in [0.4, 0.5) is 0 Å². The van der Waals surface area contributed by atoms with E-state index in [4.69, 9.17) is 0 Å². The molecule has 2 rings (SSSR count). The number of aryl methyl sites for hydroxylation is 3. The molecule has 2 heterocycles. The number of hydrogen-bond acceptors (Lipinski definition) is 2. The fraction of sp³-hybridized carbons (Fsp3) is 0.400. The van der Waals surface area contributed by atoms with Crippen LogP contribution in [0.1, 0.15) is 18.2 Å². The van der Waals surface area contributed by atoms with E-state index in [1.54, 1.807) is 0 Å². The quantitative estimate of drug-likeness (QED) is 0.664. The summed E-state index contributed by atoms with van der Waals surface area (Å²) in [4.78, 5) is 4.37. The van der Waals surface area contributed by atoms with E-state index in [1.165, 1.54) is 10.9 Å². The molecule has 3 heteroatoms. The third-order valence-corrected chi connectivity index (χ3v) is 2.21. The van der Waals surface area contributed by atoms with E-state index in [0.717, 1.165) is 17.9 Å². The zero-order valence-corrected chi connectivity index (χ0v) is 8.20. The van der Waals surface area contributed by atoms with Crippen molar-refractivity contribution in [3.05, 3.63) is 23.5 Å². The van der Waals surface area contributed by atoms with Crippen molar-refractivity contribution in [1.82, 2.24) is 14.8 Å². The topological polar surface area (TPSA) is 30.7 Å². The molecule has 0 amide bonds. The average Bonchev–Trinajstić information content (AvgIpc) is 2.43. The first-order valence-electron chi connectivity index (χ1n) is 4.52. The maximum Gasteiger partial charge on any atom is 0.157 e. The maximum atomic E-state index is 4.40. The van der Waals surface area contributed by atoms with Crippen LogP contribution >= 0.6 is 0 Å². The summed E-state index contributed by atoms with van der Waals surface area (Å²) < 4.78 is 1.93. The van der Waals surface area contributed by atoms with Gasteiger partial charge in [-0.05, 0) is 32.4 Å². The van der Waals surface area contributed by atoms with Gasteiger partial charge >= 0.3 is 0 Å². The summed E-state index contributed by atoms with van der Waals surface area (Å²) in [6.07, 6.45) is 1.88. The summed E-state index contributed by atoms with van der Waals surface area (Å²) in [5.74, 6) is 0. The minimum absolute atomic E-state index is 0.875. The van der Waals surface area contributed by atoms with Crippen LogP contribution in [0, 0.1) is 13.8 Å². The standard InChI is InChI=1S/C10H13N3/c1-4-13-10-9(8(3)12-13)5-7(2)6-11-10/h5-6H,4H2,1-3H3. The Morgan fingerprint density at radius 2 is 2.15 bits per heavy atom. The van der Waals surface area contributed by atoms with Gasteiger partial charge in [0.1, 0.15) is 0 Å². The van der Waals surface area contributed by atoms with E-state index in [-0.39, 0.29) is 0 Å². The van der Waals surface area contributed by atoms with Crippen LogP contribution in [-0.4, -0.2) is 14.8 Å². The minimum atomic E-state index is 0.875. The zero-order valence-electron chi connectivity index (χ0n) is 8.20. The second-order valence-electron chi connectivity index (χ2n) is 3.29. The van der Waals surface area contributed by atoms with Crippen molar-refractivity contribution < 1.29 is 0 Å². The van der Waals surface area contributed by atoms with Gasteiger partial charge in [-0.15, -0.1) is 0 Å². The number of pyridine rings is 1. The molecule has 0 aliphatic rings. The van der Waals surface area contributed by atoms with Crippen molar-refractivity contribution in [3.63, 3.8) is 0 Å². The second-order valence-corrected chi connectivity index (χ2v) is 3.29. The molecule has 0 radical (unpaired) electrons. The minimum Gasteiger partial charge on any atom is -0.247 e. The SMILES string of the molecule is CCn1nc(C)c2cc(C)cnc21. The molecule has 0 aliphatic carbocycles. The van der Waals surface area contributed by atoms with Crippen LogP contribution in [0.25, 0.3) is 11.0 Å². The Kier molecular flexibility index (Phi) is 1.79. The summed E-state index contributed by atoms with van der Waals surface area (Å²) in [7, 11) is 0. The van der Waals surface area contributed by atoms with Crippen molar-refractivity contribution in [1.29, 1.82) is 0 Å². The Morgan fingerprint density at radius 3 is 2.85 bits per heavy atom. The molecule has 0 saturated heterocycles. The van der Waals surface area contributed by atoms with Crippen molar-refractivity contribution in [3.8, 4) is 0 Å². The van der Waals surface area contributed by atoms with Gasteiger partial charge in [0.15, 0.2) is 5.65 Å². The molecule has 68 valence electrons. The fourth-order valence-electron chi connectivity index (χ4n) is 1.54. The summed E-state index contributed by atoms with van der Waals surface area (Å²) in [5.41, 5.74) is 3.24. The van der Waals surface area contributed by atoms with E-state index in [1.807, 2.05) is 17.8 Å². The van der Waals surface area contributed by atoms with Crippen LogP contribution < -0.4 is 0 Å². The summed E-state index contributed by atoms with van der Waals surface area (Å²) in [5, 5.41) is 5.57. The van der Waals surface area contributed by atoms with E-state index in [2.05, 4.69) is 30.0 Å². The van der Waals surface area contributed by atoms with E-state index < -0.39 is 0 Å². The molecule has 0 bridgehead atoms. The summed E-state index contributed by atoms with van der Waals surface area (Å²) in [6.45, 7) is 7.03. The third kappa shape index (κ3) is 1.20. The molecular formula is C10H13N3. The van der Waals surface area contributed by atoms with Gasteiger partial charge in [0, 0.05) is 18.1 Å². The van der Waals surface area contributed by atoms with Crippen LogP contribution in [0.5, 0.6) is 0 Å². The largest absolute Gasteiger partial charge is 0.247 e. The lowest BCUT2D eigenvalue weighted by Crippen LogP contribution is -1.97. The number of aromatic nitrogens is 3. The number of nitrogens with zero attached hydrogens (tertiary/aromatic N) is 3. The van der Waals surface area contributed by atoms with Gasteiger partial charge in [-0.1, -0.05) is 0 Å². The van der Waals surface area contributed by atoms with Gasteiger partial charge in [0.2, 0.25) is 0 Å². The highest BCUT2D eigenvalue weighted by Crippen LogP contribution is 2.16. The van der Waals surface area contributed by atoms with E-state index in [0.29, 0.717) is 0 Å². The van der Waals surface area contributed by atoms with Gasteiger partial charge in [0.05, 0.1) is 5.69 Å². The molecule has 13 heavy (non-hydrogen) atoms. The highest BCUT2D eigenvalue weighted by Gasteiger charge is 2.06. The lowest BCUT2D eigenvalue weighted by molar-refractivity contribution is 0.669. The molecule has 2 aromatic heterocycles. The Bertz CT molecular complexity index is 443. The predicted octanol–water partition coefficient (Wildman–Crippen LogP) is 2.07. The van der Waals surface area contributed by atoms with Crippen LogP contribution in [0.2, 0.25) is 0 Å². The second kappa shape index (κ2) is 2.83. The van der Waals surface area contributed by atoms with Crippen molar-refractivity contribution >= 4 is 11.0 Å². The summed E-state index contributed by atoms with van der Waals surface area (Å²) in [6, 6.07) is 2.14. The molecule has 0 fully saturated rings. The van der Waals surface area contributed by atoms with Gasteiger partial charge in [-0.25, -0.2) is 9.67 Å². The molecule has 0 aromatic carbocycles. The van der Waals surface area contributed by atoms with Gasteiger partial charge in [-0.2, -0.15) is 5.10 Å². The van der Waals surface area contributed by atoms with E-state index >= 15 is 0 Å². The third-order valence-electron chi connectivity index (χ3n) is 2.21. The average molecular weight is 175 g/mol. The predicted molar refractivity (Wildman–Crippen MR) is 52.7 cm³/mol. The first-order chi connectivity index (χ1) is 6.22. The molecule has 0 saturated carbocycles.